The number of ether oxygens (including phenoxy) is 9. The molecule has 0 radical (unpaired) electrons. The molecule has 5 aromatic carbocycles. The second-order valence-corrected chi connectivity index (χ2v) is 30.9. The van der Waals surface area contributed by atoms with E-state index >= 15 is 0 Å². The summed E-state index contributed by atoms with van der Waals surface area (Å²) in [4.78, 5) is 61.3. The third-order valence-corrected chi connectivity index (χ3v) is 24.9. The van der Waals surface area contributed by atoms with Crippen LogP contribution in [0.2, 0.25) is 0 Å². The summed E-state index contributed by atoms with van der Waals surface area (Å²) in [5, 5.41) is 0. The fourth-order valence-corrected chi connectivity index (χ4v) is 20.3. The molecule has 15 aliphatic carbocycles. The molecule has 3 spiro atoms. The van der Waals surface area contributed by atoms with Gasteiger partial charge in [0.15, 0.2) is 17.4 Å². The number of Topliss-reactive ketones (excluding diaryl/α,β-unsaturated/α-hetero) is 2. The van der Waals surface area contributed by atoms with Crippen LogP contribution in [0, 0.1) is 27.6 Å². The lowest BCUT2D eigenvalue weighted by Crippen LogP contribution is -2.55. The predicted molar refractivity (Wildman–Crippen MR) is 357 cm³/mol. The van der Waals surface area contributed by atoms with E-state index in [0.29, 0.717) is 93.7 Å². The van der Waals surface area contributed by atoms with Crippen LogP contribution in [-0.2, 0) is 66.6 Å². The predicted octanol–water partition coefficient (Wildman–Crippen LogP) is 15.0. The molecule has 5 saturated carbocycles. The van der Waals surface area contributed by atoms with Crippen LogP contribution in [0.4, 0.5) is 0 Å². The van der Waals surface area contributed by atoms with Gasteiger partial charge in [0, 0.05) is 79.4 Å². The Kier molecular flexibility index (Phi) is 17.4. The summed E-state index contributed by atoms with van der Waals surface area (Å²) in [6.07, 6.45) is 8.05. The molecule has 13 unspecified atom stereocenters. The second-order valence-electron chi connectivity index (χ2n) is 30.9. The molecular formula is C81H96O14. The molecule has 0 aromatic heterocycles. The van der Waals surface area contributed by atoms with E-state index in [1.54, 1.807) is 0 Å². The van der Waals surface area contributed by atoms with Crippen molar-refractivity contribution < 1.29 is 66.6 Å². The number of ketones is 2. The largest absolute Gasteiger partial charge is 0.466 e. The molecule has 18 aliphatic rings. The maximum absolute atomic E-state index is 12.6. The molecule has 3 aliphatic heterocycles. The zero-order valence-corrected chi connectivity index (χ0v) is 57.0. The molecule has 10 bridgehead atoms. The molecule has 3 heterocycles. The van der Waals surface area contributed by atoms with E-state index in [4.69, 9.17) is 42.6 Å². The van der Waals surface area contributed by atoms with Crippen molar-refractivity contribution in [2.24, 2.45) is 27.6 Å². The number of benzene rings is 5. The van der Waals surface area contributed by atoms with Crippen LogP contribution >= 0.6 is 0 Å². The van der Waals surface area contributed by atoms with Crippen LogP contribution in [0.15, 0.2) is 121 Å². The van der Waals surface area contributed by atoms with Crippen LogP contribution in [-0.4, -0.2) is 106 Å². The lowest BCUT2D eigenvalue weighted by atomic mass is 9.52. The van der Waals surface area contributed by atoms with Gasteiger partial charge in [0.05, 0.1) is 76.2 Å². The quantitative estimate of drug-likeness (QED) is 0.116. The first-order chi connectivity index (χ1) is 45.7. The van der Waals surface area contributed by atoms with Crippen molar-refractivity contribution in [3.05, 3.63) is 177 Å². The van der Waals surface area contributed by atoms with Crippen molar-refractivity contribution in [3.8, 4) is 0 Å². The molecule has 0 amide bonds. The van der Waals surface area contributed by atoms with Gasteiger partial charge < -0.3 is 42.6 Å². The minimum absolute atomic E-state index is 0.0664. The van der Waals surface area contributed by atoms with E-state index in [-0.39, 0.29) is 71.2 Å². The molecular weight excluding hydrogens is 1200 g/mol. The number of hydrogen-bond acceptors (Lipinski definition) is 14. The third-order valence-electron chi connectivity index (χ3n) is 24.9. The van der Waals surface area contributed by atoms with Crippen LogP contribution < -0.4 is 0 Å². The summed E-state index contributed by atoms with van der Waals surface area (Å²) in [6.45, 7) is 24.0. The van der Waals surface area contributed by atoms with E-state index in [1.165, 1.54) is 55.6 Å². The molecule has 14 heteroatoms. The number of hydrogen-bond donors (Lipinski definition) is 0. The van der Waals surface area contributed by atoms with E-state index in [0.717, 1.165) is 64.2 Å². The van der Waals surface area contributed by atoms with E-state index < -0.39 is 28.2 Å². The Balaban J connectivity index is 0.000000103. The van der Waals surface area contributed by atoms with Gasteiger partial charge in [-0.1, -0.05) is 149 Å². The summed E-state index contributed by atoms with van der Waals surface area (Å²) in [6, 6.07) is 42.2. The minimum atomic E-state index is -0.537. The Morgan fingerprint density at radius 3 is 1.03 bits per heavy atom. The van der Waals surface area contributed by atoms with Gasteiger partial charge >= 0.3 is 17.9 Å². The summed E-state index contributed by atoms with van der Waals surface area (Å²) in [5.41, 5.74) is 12.7. The van der Waals surface area contributed by atoms with Gasteiger partial charge in [-0.3, -0.25) is 24.0 Å². The van der Waals surface area contributed by atoms with Crippen LogP contribution in [0.1, 0.15) is 241 Å². The average Bonchev–Trinajstić information content (AvgIpc) is 1.67. The molecule has 8 fully saturated rings. The Hall–Kier alpha value is -6.39. The van der Waals surface area contributed by atoms with Crippen molar-refractivity contribution in [2.45, 2.75) is 203 Å². The van der Waals surface area contributed by atoms with E-state index in [1.807, 2.05) is 52.8 Å². The number of carbonyl (C=O) groups excluding carboxylic acids is 5. The molecule has 95 heavy (non-hydrogen) atoms. The number of carbonyl (C=O) groups is 5. The Labute approximate surface area is 560 Å². The van der Waals surface area contributed by atoms with Crippen molar-refractivity contribution in [1.29, 1.82) is 0 Å². The van der Waals surface area contributed by atoms with Gasteiger partial charge in [0.2, 0.25) is 0 Å². The highest BCUT2D eigenvalue weighted by Crippen LogP contribution is 2.67. The highest BCUT2D eigenvalue weighted by molar-refractivity contribution is 5.91. The molecule has 14 nitrogen and oxygen atoms in total. The fourth-order valence-electron chi connectivity index (χ4n) is 20.3. The van der Waals surface area contributed by atoms with Crippen LogP contribution in [0.25, 0.3) is 0 Å². The summed E-state index contributed by atoms with van der Waals surface area (Å²) >= 11 is 0. The van der Waals surface area contributed by atoms with Crippen LogP contribution in [0.3, 0.4) is 0 Å². The molecule has 0 N–H and O–H groups in total. The first-order valence-corrected chi connectivity index (χ1v) is 35.5. The van der Waals surface area contributed by atoms with Crippen LogP contribution in [0.5, 0.6) is 0 Å². The molecule has 13 atom stereocenters. The van der Waals surface area contributed by atoms with Crippen molar-refractivity contribution in [2.75, 3.05) is 59.5 Å². The zero-order valence-electron chi connectivity index (χ0n) is 57.0. The number of rotatable bonds is 6. The van der Waals surface area contributed by atoms with E-state index in [9.17, 15) is 24.0 Å². The first-order valence-electron chi connectivity index (χ1n) is 35.5. The standard InChI is InChI=1S/2C18H22O4.C17H20O4.2C14H16O/c2*1-3-20-16(19)17(2)10-15-13-7-5-4-6-12(13)14(17)11-18(15)21-8-9-22-18;1-2-19-16(18)13-9-15-12-6-4-3-5-11(12)14(13)10-17(15)20-7-8-21-17;2*1-14(2)8-11-9-5-3-4-6-10(9)12(14)7-13(11)15/h2*4-7,14-15H,3,8-11H2,1-2H3;3-6,13-15H,2,7-10H2,1H3;2*3-6,11-12H,7-8H2,1-2H3. The number of fused-ring (bicyclic) bond motifs is 7. The SMILES string of the molecule is CC1(C)CC2C(=O)CC1c1ccccc12.CC1(C)CC2C(=O)CC1c1ccccc12.CCOC(=O)C1(C)CC2c3ccccc3C1CC21OCCO1.CCOC(=O)C1(C)CC2c3ccccc3C1CC21OCCO1.CCOC(=O)C1CC2c3ccccc3C1CC21OCCO1. The molecule has 3 saturated heterocycles. The van der Waals surface area contributed by atoms with E-state index in [2.05, 4.69) is 131 Å². The van der Waals surface area contributed by atoms with Gasteiger partial charge in [-0.05, 0) is 145 Å². The average molecular weight is 1290 g/mol. The Morgan fingerprint density at radius 2 is 0.674 bits per heavy atom. The maximum atomic E-state index is 12.6. The normalized spacial score (nSPS) is 33.1. The zero-order chi connectivity index (χ0) is 66.5. The molecule has 23 rings (SSSR count). The Bertz CT molecular complexity index is 3560. The van der Waals surface area contributed by atoms with Gasteiger partial charge in [-0.15, -0.1) is 0 Å². The topological polar surface area (TPSA) is 168 Å². The maximum Gasteiger partial charge on any atom is 0.312 e. The minimum Gasteiger partial charge on any atom is -0.466 e. The van der Waals surface area contributed by atoms with Crippen molar-refractivity contribution in [3.63, 3.8) is 0 Å². The van der Waals surface area contributed by atoms with Gasteiger partial charge in [-0.25, -0.2) is 0 Å². The van der Waals surface area contributed by atoms with Crippen molar-refractivity contribution in [1.82, 2.24) is 0 Å². The summed E-state index contributed by atoms with van der Waals surface area (Å²) in [7, 11) is 0. The van der Waals surface area contributed by atoms with Gasteiger partial charge in [-0.2, -0.15) is 0 Å². The highest BCUT2D eigenvalue weighted by atomic mass is 16.7. The summed E-state index contributed by atoms with van der Waals surface area (Å²) < 4.78 is 52.1. The lowest BCUT2D eigenvalue weighted by molar-refractivity contribution is -0.222. The second kappa shape index (κ2) is 25.2. The van der Waals surface area contributed by atoms with Crippen molar-refractivity contribution >= 4 is 29.5 Å². The lowest BCUT2D eigenvalue weighted by Gasteiger charge is -2.55. The monoisotopic (exact) mass is 1290 g/mol. The molecule has 504 valence electrons. The molecule has 5 aromatic rings. The smallest absolute Gasteiger partial charge is 0.312 e. The third kappa shape index (κ3) is 11.0. The van der Waals surface area contributed by atoms with Gasteiger partial charge in [0.25, 0.3) is 0 Å². The Morgan fingerprint density at radius 1 is 0.368 bits per heavy atom. The first kappa shape index (κ1) is 65.9. The highest BCUT2D eigenvalue weighted by Gasteiger charge is 2.66. The summed E-state index contributed by atoms with van der Waals surface area (Å²) in [5.74, 6) is 0.929. The number of esters is 3. The van der Waals surface area contributed by atoms with Gasteiger partial charge in [0.1, 0.15) is 11.6 Å². The fraction of sp³-hybridized carbons (Fsp3) is 0.568.